The lowest BCUT2D eigenvalue weighted by Gasteiger charge is -2.15. The molecule has 0 aliphatic carbocycles. The summed E-state index contributed by atoms with van der Waals surface area (Å²) in [5.74, 6) is 0. The van der Waals surface area contributed by atoms with Crippen molar-refractivity contribution in [1.29, 1.82) is 0 Å². The molecule has 102 valence electrons. The van der Waals surface area contributed by atoms with E-state index >= 15 is 0 Å². The molecular weight excluding hydrogens is 298 g/mol. The fourth-order valence-electron chi connectivity index (χ4n) is 2.36. The second-order valence-corrected chi connectivity index (χ2v) is 6.16. The Kier molecular flexibility index (Phi) is 5.26. The molecular formula is C17H22BrN. The monoisotopic (exact) mass is 319 g/mol. The van der Waals surface area contributed by atoms with Gasteiger partial charge < -0.3 is 5.32 Å². The number of hydrogen-bond donors (Lipinski definition) is 1. The van der Waals surface area contributed by atoms with E-state index in [2.05, 4.69) is 71.5 Å². The zero-order valence-electron chi connectivity index (χ0n) is 11.7. The van der Waals surface area contributed by atoms with Crippen molar-refractivity contribution in [2.45, 2.75) is 45.6 Å². The number of nitrogens with one attached hydrogen (secondary N) is 1. The highest BCUT2D eigenvalue weighted by atomic mass is 79.9. The van der Waals surface area contributed by atoms with Gasteiger partial charge in [0, 0.05) is 16.2 Å². The molecule has 0 radical (unpaired) electrons. The summed E-state index contributed by atoms with van der Waals surface area (Å²) >= 11 is 3.51. The van der Waals surface area contributed by atoms with Crippen LogP contribution in [0.1, 0.15) is 39.5 Å². The maximum atomic E-state index is 3.60. The van der Waals surface area contributed by atoms with Crippen LogP contribution in [0.2, 0.25) is 0 Å². The molecule has 0 spiro atoms. The van der Waals surface area contributed by atoms with Crippen molar-refractivity contribution in [3.63, 3.8) is 0 Å². The first-order valence-electron chi connectivity index (χ1n) is 7.15. The minimum Gasteiger partial charge on any atom is -0.383 e. The van der Waals surface area contributed by atoms with Gasteiger partial charge in [-0.1, -0.05) is 54.2 Å². The van der Waals surface area contributed by atoms with Crippen LogP contribution in [0, 0.1) is 0 Å². The number of hydrogen-bond acceptors (Lipinski definition) is 1. The second-order valence-electron chi connectivity index (χ2n) is 5.25. The van der Waals surface area contributed by atoms with Crippen LogP contribution >= 0.6 is 15.9 Å². The van der Waals surface area contributed by atoms with Crippen LogP contribution in [0.25, 0.3) is 10.8 Å². The van der Waals surface area contributed by atoms with E-state index in [1.54, 1.807) is 0 Å². The number of halogens is 1. The summed E-state index contributed by atoms with van der Waals surface area (Å²) in [6.07, 6.45) is 5.17. The first-order valence-corrected chi connectivity index (χ1v) is 7.94. The molecule has 0 saturated heterocycles. The number of rotatable bonds is 6. The normalized spacial score (nSPS) is 12.6. The Bertz CT molecular complexity index is 536. The van der Waals surface area contributed by atoms with Crippen LogP contribution in [0.5, 0.6) is 0 Å². The van der Waals surface area contributed by atoms with E-state index < -0.39 is 0 Å². The Labute approximate surface area is 124 Å². The fourth-order valence-corrected chi connectivity index (χ4v) is 2.74. The molecule has 0 fully saturated rings. The number of unbranched alkanes of at least 4 members (excludes halogenated alkanes) is 2. The van der Waals surface area contributed by atoms with Gasteiger partial charge in [-0.2, -0.15) is 0 Å². The molecule has 19 heavy (non-hydrogen) atoms. The summed E-state index contributed by atoms with van der Waals surface area (Å²) < 4.78 is 1.13. The molecule has 0 aromatic heterocycles. The van der Waals surface area contributed by atoms with Crippen LogP contribution in [-0.2, 0) is 0 Å². The molecule has 0 heterocycles. The van der Waals surface area contributed by atoms with E-state index in [1.165, 1.54) is 42.1 Å². The average Bonchev–Trinajstić information content (AvgIpc) is 2.39. The minimum atomic E-state index is 0.541. The summed E-state index contributed by atoms with van der Waals surface area (Å²) in [7, 11) is 0. The van der Waals surface area contributed by atoms with E-state index in [9.17, 15) is 0 Å². The molecule has 0 amide bonds. The SMILES string of the molecule is CCCCCC(C)Nc1ccc2cc(Br)ccc2c1. The van der Waals surface area contributed by atoms with E-state index in [0.717, 1.165) is 4.47 Å². The standard InChI is InChI=1S/C17H22BrN/c1-3-4-5-6-13(2)19-17-10-8-14-11-16(18)9-7-15(14)12-17/h7-13,19H,3-6H2,1-2H3. The Hall–Kier alpha value is -1.02. The third kappa shape index (κ3) is 4.24. The molecule has 0 aliphatic rings. The van der Waals surface area contributed by atoms with E-state index in [0.29, 0.717) is 6.04 Å². The van der Waals surface area contributed by atoms with Crippen LogP contribution < -0.4 is 5.32 Å². The lowest BCUT2D eigenvalue weighted by molar-refractivity contribution is 0.615. The molecule has 0 aliphatic heterocycles. The zero-order chi connectivity index (χ0) is 13.7. The fraction of sp³-hybridized carbons (Fsp3) is 0.412. The summed E-state index contributed by atoms with van der Waals surface area (Å²) in [6, 6.07) is 13.5. The highest BCUT2D eigenvalue weighted by Crippen LogP contribution is 2.23. The van der Waals surface area contributed by atoms with Gasteiger partial charge in [0.15, 0.2) is 0 Å². The summed E-state index contributed by atoms with van der Waals surface area (Å²) in [6.45, 7) is 4.51. The van der Waals surface area contributed by atoms with Gasteiger partial charge in [-0.15, -0.1) is 0 Å². The van der Waals surface area contributed by atoms with Crippen LogP contribution in [0.3, 0.4) is 0 Å². The van der Waals surface area contributed by atoms with Crippen LogP contribution in [0.15, 0.2) is 40.9 Å². The first-order chi connectivity index (χ1) is 9.19. The average molecular weight is 320 g/mol. The number of anilines is 1. The predicted octanol–water partition coefficient (Wildman–Crippen LogP) is 5.98. The zero-order valence-corrected chi connectivity index (χ0v) is 13.3. The molecule has 2 heteroatoms. The Morgan fingerprint density at radius 2 is 1.79 bits per heavy atom. The van der Waals surface area contributed by atoms with E-state index in [-0.39, 0.29) is 0 Å². The molecule has 1 nitrogen and oxygen atoms in total. The highest BCUT2D eigenvalue weighted by Gasteiger charge is 2.03. The first kappa shape index (κ1) is 14.4. The number of fused-ring (bicyclic) bond motifs is 1. The van der Waals surface area contributed by atoms with Gasteiger partial charge in [0.2, 0.25) is 0 Å². The maximum absolute atomic E-state index is 3.60. The molecule has 2 aromatic rings. The van der Waals surface area contributed by atoms with E-state index in [4.69, 9.17) is 0 Å². The van der Waals surface area contributed by atoms with Crippen molar-refractivity contribution in [1.82, 2.24) is 0 Å². The van der Waals surface area contributed by atoms with Gasteiger partial charge in [-0.3, -0.25) is 0 Å². The van der Waals surface area contributed by atoms with Crippen molar-refractivity contribution in [3.05, 3.63) is 40.9 Å². The molecule has 2 rings (SSSR count). The van der Waals surface area contributed by atoms with Gasteiger partial charge >= 0.3 is 0 Å². The minimum absolute atomic E-state index is 0.541. The Balaban J connectivity index is 2.02. The molecule has 1 N–H and O–H groups in total. The second kappa shape index (κ2) is 6.95. The molecule has 1 atom stereocenters. The topological polar surface area (TPSA) is 12.0 Å². The maximum Gasteiger partial charge on any atom is 0.0348 e. The lowest BCUT2D eigenvalue weighted by atomic mass is 10.1. The third-order valence-corrected chi connectivity index (χ3v) is 3.95. The molecule has 2 aromatic carbocycles. The van der Waals surface area contributed by atoms with Gasteiger partial charge in [0.1, 0.15) is 0 Å². The van der Waals surface area contributed by atoms with Crippen molar-refractivity contribution >= 4 is 32.4 Å². The summed E-state index contributed by atoms with van der Waals surface area (Å²) in [5.41, 5.74) is 1.22. The Morgan fingerprint density at radius 1 is 1.05 bits per heavy atom. The van der Waals surface area contributed by atoms with Crippen molar-refractivity contribution in [2.75, 3.05) is 5.32 Å². The molecule has 0 saturated carbocycles. The van der Waals surface area contributed by atoms with Crippen molar-refractivity contribution in [3.8, 4) is 0 Å². The summed E-state index contributed by atoms with van der Waals surface area (Å²) in [4.78, 5) is 0. The quantitative estimate of drug-likeness (QED) is 0.645. The van der Waals surface area contributed by atoms with Gasteiger partial charge in [0.05, 0.1) is 0 Å². The molecule has 1 unspecified atom stereocenters. The van der Waals surface area contributed by atoms with Gasteiger partial charge in [0.25, 0.3) is 0 Å². The third-order valence-electron chi connectivity index (χ3n) is 3.46. The smallest absolute Gasteiger partial charge is 0.0348 e. The lowest BCUT2D eigenvalue weighted by Crippen LogP contribution is -2.14. The van der Waals surface area contributed by atoms with Crippen molar-refractivity contribution < 1.29 is 0 Å². The predicted molar refractivity (Wildman–Crippen MR) is 88.9 cm³/mol. The highest BCUT2D eigenvalue weighted by molar-refractivity contribution is 9.10. The van der Waals surface area contributed by atoms with Crippen LogP contribution in [-0.4, -0.2) is 6.04 Å². The summed E-state index contributed by atoms with van der Waals surface area (Å²) in [5, 5.41) is 6.16. The number of benzene rings is 2. The largest absolute Gasteiger partial charge is 0.383 e. The van der Waals surface area contributed by atoms with Crippen molar-refractivity contribution in [2.24, 2.45) is 0 Å². The van der Waals surface area contributed by atoms with Crippen LogP contribution in [0.4, 0.5) is 5.69 Å². The Morgan fingerprint density at radius 3 is 2.58 bits per heavy atom. The van der Waals surface area contributed by atoms with Gasteiger partial charge in [-0.25, -0.2) is 0 Å². The van der Waals surface area contributed by atoms with Gasteiger partial charge in [-0.05, 0) is 48.4 Å². The van der Waals surface area contributed by atoms with E-state index in [1.807, 2.05) is 0 Å². The molecule has 0 bridgehead atoms.